The van der Waals surface area contributed by atoms with Gasteiger partial charge in [0.2, 0.25) is 5.91 Å². The SMILES string of the molecule is CCN(C(=O)NC(=O)CC(C)CC(=O)O)C(C)CN(C)C. The predicted molar refractivity (Wildman–Crippen MR) is 80.0 cm³/mol. The Morgan fingerprint density at radius 2 is 1.71 bits per heavy atom. The second-order valence-electron chi connectivity index (χ2n) is 5.66. The van der Waals surface area contributed by atoms with Crippen LogP contribution in [-0.4, -0.2) is 66.0 Å². The van der Waals surface area contributed by atoms with E-state index in [0.717, 1.165) is 0 Å². The third kappa shape index (κ3) is 8.29. The number of carboxylic acid groups (broad SMARTS) is 1. The molecule has 0 saturated carbocycles. The Kier molecular flexibility index (Phi) is 8.61. The fourth-order valence-corrected chi connectivity index (χ4v) is 2.21. The molecule has 0 aliphatic heterocycles. The van der Waals surface area contributed by atoms with Crippen LogP contribution < -0.4 is 5.32 Å². The Hall–Kier alpha value is -1.63. The maximum Gasteiger partial charge on any atom is 0.324 e. The number of rotatable bonds is 8. The van der Waals surface area contributed by atoms with Gasteiger partial charge in [0.25, 0.3) is 0 Å². The average Bonchev–Trinajstić information content (AvgIpc) is 2.26. The number of hydrogen-bond donors (Lipinski definition) is 2. The second-order valence-corrected chi connectivity index (χ2v) is 5.66. The predicted octanol–water partition coefficient (Wildman–Crippen LogP) is 0.996. The van der Waals surface area contributed by atoms with Gasteiger partial charge in [0.05, 0.1) is 0 Å². The van der Waals surface area contributed by atoms with E-state index in [1.54, 1.807) is 11.8 Å². The van der Waals surface area contributed by atoms with E-state index >= 15 is 0 Å². The maximum absolute atomic E-state index is 12.1. The Balaban J connectivity index is 4.43. The van der Waals surface area contributed by atoms with Crippen molar-refractivity contribution in [2.45, 2.75) is 39.7 Å². The fourth-order valence-electron chi connectivity index (χ4n) is 2.21. The number of likely N-dealkylation sites (N-methyl/N-ethyl adjacent to an activating group) is 2. The average molecular weight is 301 g/mol. The summed E-state index contributed by atoms with van der Waals surface area (Å²) in [6.45, 7) is 6.64. The molecule has 0 spiro atoms. The largest absolute Gasteiger partial charge is 0.481 e. The number of carboxylic acids is 1. The zero-order chi connectivity index (χ0) is 16.6. The monoisotopic (exact) mass is 301 g/mol. The van der Waals surface area contributed by atoms with Crippen LogP contribution in [0.15, 0.2) is 0 Å². The highest BCUT2D eigenvalue weighted by Gasteiger charge is 2.21. The highest BCUT2D eigenvalue weighted by molar-refractivity contribution is 5.94. The van der Waals surface area contributed by atoms with Crippen LogP contribution in [-0.2, 0) is 9.59 Å². The molecule has 2 unspecified atom stereocenters. The summed E-state index contributed by atoms with van der Waals surface area (Å²) in [5, 5.41) is 11.0. The first-order valence-electron chi connectivity index (χ1n) is 7.14. The molecule has 0 aliphatic carbocycles. The molecule has 0 aromatic rings. The molecule has 0 heterocycles. The van der Waals surface area contributed by atoms with Crippen molar-refractivity contribution >= 4 is 17.9 Å². The molecular formula is C14H27N3O4. The van der Waals surface area contributed by atoms with Gasteiger partial charge < -0.3 is 14.9 Å². The van der Waals surface area contributed by atoms with Crippen LogP contribution in [0.1, 0.15) is 33.6 Å². The van der Waals surface area contributed by atoms with E-state index < -0.39 is 17.9 Å². The van der Waals surface area contributed by atoms with E-state index in [2.05, 4.69) is 5.32 Å². The lowest BCUT2D eigenvalue weighted by molar-refractivity contribution is -0.138. The molecular weight excluding hydrogens is 274 g/mol. The van der Waals surface area contributed by atoms with Crippen LogP contribution in [0.4, 0.5) is 4.79 Å². The number of nitrogens with zero attached hydrogens (tertiary/aromatic N) is 2. The molecule has 21 heavy (non-hydrogen) atoms. The smallest absolute Gasteiger partial charge is 0.324 e. The number of carbonyl (C=O) groups is 3. The first-order valence-corrected chi connectivity index (χ1v) is 7.14. The molecule has 2 atom stereocenters. The van der Waals surface area contributed by atoms with Gasteiger partial charge in [0.15, 0.2) is 0 Å². The third-order valence-corrected chi connectivity index (χ3v) is 3.07. The minimum Gasteiger partial charge on any atom is -0.481 e. The molecule has 122 valence electrons. The molecule has 0 radical (unpaired) electrons. The van der Waals surface area contributed by atoms with Gasteiger partial charge in [-0.2, -0.15) is 0 Å². The minimum atomic E-state index is -0.948. The summed E-state index contributed by atoms with van der Waals surface area (Å²) in [6.07, 6.45) is -0.0617. The zero-order valence-electron chi connectivity index (χ0n) is 13.5. The first kappa shape index (κ1) is 19.4. The van der Waals surface area contributed by atoms with Crippen LogP contribution in [0.3, 0.4) is 0 Å². The number of nitrogens with one attached hydrogen (secondary N) is 1. The molecule has 0 aliphatic rings. The van der Waals surface area contributed by atoms with Crippen molar-refractivity contribution in [3.8, 4) is 0 Å². The van der Waals surface area contributed by atoms with Crippen LogP contribution in [0.2, 0.25) is 0 Å². The molecule has 3 amide bonds. The van der Waals surface area contributed by atoms with Gasteiger partial charge in [-0.15, -0.1) is 0 Å². The molecule has 0 saturated heterocycles. The van der Waals surface area contributed by atoms with Crippen molar-refractivity contribution in [3.63, 3.8) is 0 Å². The number of imide groups is 1. The second kappa shape index (κ2) is 9.33. The quantitative estimate of drug-likeness (QED) is 0.698. The van der Waals surface area contributed by atoms with E-state index in [-0.39, 0.29) is 24.8 Å². The number of carbonyl (C=O) groups excluding carboxylic acids is 2. The Morgan fingerprint density at radius 1 is 1.14 bits per heavy atom. The lowest BCUT2D eigenvalue weighted by atomic mass is 10.0. The van der Waals surface area contributed by atoms with Gasteiger partial charge in [0, 0.05) is 32.0 Å². The number of aliphatic carboxylic acids is 1. The van der Waals surface area contributed by atoms with E-state index in [1.807, 2.05) is 32.8 Å². The van der Waals surface area contributed by atoms with Gasteiger partial charge in [-0.3, -0.25) is 14.9 Å². The zero-order valence-corrected chi connectivity index (χ0v) is 13.5. The molecule has 7 nitrogen and oxygen atoms in total. The summed E-state index contributed by atoms with van der Waals surface area (Å²) in [5.41, 5.74) is 0. The van der Waals surface area contributed by atoms with E-state index in [1.165, 1.54) is 0 Å². The Bertz CT molecular complexity index is 371. The van der Waals surface area contributed by atoms with Crippen LogP contribution in [0, 0.1) is 5.92 Å². The van der Waals surface area contributed by atoms with Crippen molar-refractivity contribution in [3.05, 3.63) is 0 Å². The van der Waals surface area contributed by atoms with Crippen molar-refractivity contribution in [2.75, 3.05) is 27.2 Å². The van der Waals surface area contributed by atoms with Crippen molar-refractivity contribution < 1.29 is 19.5 Å². The summed E-state index contributed by atoms with van der Waals surface area (Å²) in [4.78, 5) is 37.9. The van der Waals surface area contributed by atoms with Gasteiger partial charge >= 0.3 is 12.0 Å². The normalized spacial score (nSPS) is 13.6. The standard InChI is InChI=1S/C14H27N3O4/c1-6-17(11(3)9-16(4)5)14(21)15-12(18)7-10(2)8-13(19)20/h10-11H,6-9H2,1-5H3,(H,19,20)(H,15,18,21). The summed E-state index contributed by atoms with van der Waals surface area (Å²) in [5.74, 6) is -1.69. The lowest BCUT2D eigenvalue weighted by Crippen LogP contribution is -2.50. The Labute approximate surface area is 126 Å². The minimum absolute atomic E-state index is 0.0192. The summed E-state index contributed by atoms with van der Waals surface area (Å²) in [7, 11) is 3.84. The fraction of sp³-hybridized carbons (Fsp3) is 0.786. The topological polar surface area (TPSA) is 90.0 Å². The summed E-state index contributed by atoms with van der Waals surface area (Å²) < 4.78 is 0. The molecule has 2 N–H and O–H groups in total. The van der Waals surface area contributed by atoms with Crippen LogP contribution >= 0.6 is 0 Å². The van der Waals surface area contributed by atoms with Gasteiger partial charge in [-0.05, 0) is 33.9 Å². The van der Waals surface area contributed by atoms with E-state index in [4.69, 9.17) is 5.11 Å². The first-order chi connectivity index (χ1) is 9.67. The summed E-state index contributed by atoms with van der Waals surface area (Å²) >= 11 is 0. The number of urea groups is 1. The lowest BCUT2D eigenvalue weighted by Gasteiger charge is -2.30. The molecule has 7 heteroatoms. The highest BCUT2D eigenvalue weighted by atomic mass is 16.4. The molecule has 0 rings (SSSR count). The van der Waals surface area contributed by atoms with Crippen LogP contribution in [0.5, 0.6) is 0 Å². The van der Waals surface area contributed by atoms with Gasteiger partial charge in [-0.1, -0.05) is 6.92 Å². The highest BCUT2D eigenvalue weighted by Crippen LogP contribution is 2.07. The van der Waals surface area contributed by atoms with Gasteiger partial charge in [0.1, 0.15) is 0 Å². The van der Waals surface area contributed by atoms with Gasteiger partial charge in [-0.25, -0.2) is 4.79 Å². The van der Waals surface area contributed by atoms with E-state index in [9.17, 15) is 14.4 Å². The molecule has 0 aromatic carbocycles. The van der Waals surface area contributed by atoms with Crippen molar-refractivity contribution in [1.29, 1.82) is 0 Å². The third-order valence-electron chi connectivity index (χ3n) is 3.07. The molecule has 0 fully saturated rings. The number of amides is 3. The van der Waals surface area contributed by atoms with Crippen molar-refractivity contribution in [1.82, 2.24) is 15.1 Å². The van der Waals surface area contributed by atoms with Crippen molar-refractivity contribution in [2.24, 2.45) is 5.92 Å². The number of hydrogen-bond acceptors (Lipinski definition) is 4. The molecule has 0 bridgehead atoms. The maximum atomic E-state index is 12.1. The van der Waals surface area contributed by atoms with E-state index in [0.29, 0.717) is 13.1 Å². The summed E-state index contributed by atoms with van der Waals surface area (Å²) in [6, 6.07) is -0.450. The molecule has 0 aromatic heterocycles. The Morgan fingerprint density at radius 3 is 2.14 bits per heavy atom. The van der Waals surface area contributed by atoms with Crippen LogP contribution in [0.25, 0.3) is 0 Å².